The van der Waals surface area contributed by atoms with Crippen LogP contribution < -0.4 is 0 Å². The van der Waals surface area contributed by atoms with Crippen molar-refractivity contribution in [3.63, 3.8) is 0 Å². The summed E-state index contributed by atoms with van der Waals surface area (Å²) >= 11 is 0. The first-order valence-corrected chi connectivity index (χ1v) is 9.92. The molecule has 3 heterocycles. The molecule has 3 aromatic rings. The highest BCUT2D eigenvalue weighted by Crippen LogP contribution is 2.32. The topological polar surface area (TPSA) is 58.7 Å². The lowest BCUT2D eigenvalue weighted by Gasteiger charge is -2.38. The van der Waals surface area contributed by atoms with Crippen LogP contribution in [0.3, 0.4) is 0 Å². The minimum absolute atomic E-state index is 0.0269. The number of carbonyl (C=O) groups is 2. The third-order valence-electron chi connectivity index (χ3n) is 5.48. The summed E-state index contributed by atoms with van der Waals surface area (Å²) in [4.78, 5) is 29.4. The van der Waals surface area contributed by atoms with Crippen molar-refractivity contribution < 1.29 is 14.0 Å². The Labute approximate surface area is 170 Å². The number of nitrogens with zero attached hydrogens (tertiary/aromatic N) is 3. The first-order valence-electron chi connectivity index (χ1n) is 9.92. The van der Waals surface area contributed by atoms with Crippen LogP contribution in [0.4, 0.5) is 0 Å². The number of hydrogen-bond donors (Lipinski definition) is 0. The predicted octanol–water partition coefficient (Wildman–Crippen LogP) is 3.48. The van der Waals surface area contributed by atoms with Gasteiger partial charge in [-0.25, -0.2) is 0 Å². The van der Waals surface area contributed by atoms with Crippen LogP contribution in [0.1, 0.15) is 40.3 Å². The minimum Gasteiger partial charge on any atom is -0.459 e. The Kier molecular flexibility index (Phi) is 5.25. The van der Waals surface area contributed by atoms with Crippen LogP contribution in [0.25, 0.3) is 0 Å². The van der Waals surface area contributed by atoms with Gasteiger partial charge in [0.2, 0.25) is 5.91 Å². The molecule has 150 valence electrons. The second-order valence-corrected chi connectivity index (χ2v) is 7.32. The lowest BCUT2D eigenvalue weighted by molar-refractivity contribution is -0.134. The third kappa shape index (κ3) is 3.70. The van der Waals surface area contributed by atoms with Gasteiger partial charge in [0, 0.05) is 31.5 Å². The molecule has 0 N–H and O–H groups in total. The molecule has 0 saturated carbocycles. The summed E-state index contributed by atoms with van der Waals surface area (Å²) in [7, 11) is 0. The molecular formula is C23H25N3O3. The molecule has 0 saturated heterocycles. The number of furan rings is 1. The standard InChI is InChI=1S/C23H25N3O3/c1-3-24(23(28)20-7-5-15-29-20)16-21(27)26-14-13-25-12-4-6-19(25)22(26)18-10-8-17(2)9-11-18/h4-12,15,22H,3,13-14,16H2,1-2H3/t22-/m1/s1. The predicted molar refractivity (Wildman–Crippen MR) is 109 cm³/mol. The average Bonchev–Trinajstić information content (AvgIpc) is 3.43. The molecule has 29 heavy (non-hydrogen) atoms. The zero-order valence-corrected chi connectivity index (χ0v) is 16.7. The molecule has 2 aromatic heterocycles. The molecular weight excluding hydrogens is 366 g/mol. The number of rotatable bonds is 5. The lowest BCUT2D eigenvalue weighted by atomic mass is 9.98. The van der Waals surface area contributed by atoms with Crippen molar-refractivity contribution in [2.45, 2.75) is 26.4 Å². The van der Waals surface area contributed by atoms with Gasteiger partial charge in [-0.1, -0.05) is 29.8 Å². The van der Waals surface area contributed by atoms with Gasteiger partial charge in [-0.05, 0) is 43.7 Å². The van der Waals surface area contributed by atoms with Crippen LogP contribution in [0, 0.1) is 6.92 Å². The SMILES string of the molecule is CCN(CC(=O)N1CCn2cccc2[C@H]1c1ccc(C)cc1)C(=O)c1ccco1. The van der Waals surface area contributed by atoms with Gasteiger partial charge in [0.05, 0.1) is 12.3 Å². The van der Waals surface area contributed by atoms with Gasteiger partial charge in [0.25, 0.3) is 5.91 Å². The number of aromatic nitrogens is 1. The second kappa shape index (κ2) is 7.99. The van der Waals surface area contributed by atoms with Crippen LogP contribution in [-0.4, -0.2) is 45.8 Å². The van der Waals surface area contributed by atoms with Crippen LogP contribution in [-0.2, 0) is 11.3 Å². The molecule has 1 aliphatic heterocycles. The Bertz CT molecular complexity index is 989. The van der Waals surface area contributed by atoms with Gasteiger partial charge < -0.3 is 18.8 Å². The van der Waals surface area contributed by atoms with E-state index in [1.165, 1.54) is 16.7 Å². The van der Waals surface area contributed by atoms with E-state index in [-0.39, 0.29) is 30.2 Å². The first-order chi connectivity index (χ1) is 14.1. The quantitative estimate of drug-likeness (QED) is 0.669. The molecule has 0 fully saturated rings. The average molecular weight is 391 g/mol. The van der Waals surface area contributed by atoms with Crippen molar-refractivity contribution in [1.29, 1.82) is 0 Å². The number of benzene rings is 1. The summed E-state index contributed by atoms with van der Waals surface area (Å²) in [5.74, 6) is -0.0786. The van der Waals surface area contributed by atoms with E-state index >= 15 is 0 Å². The number of fused-ring (bicyclic) bond motifs is 1. The van der Waals surface area contributed by atoms with Crippen LogP contribution in [0.5, 0.6) is 0 Å². The van der Waals surface area contributed by atoms with E-state index in [9.17, 15) is 9.59 Å². The maximum Gasteiger partial charge on any atom is 0.290 e. The molecule has 0 spiro atoms. The highest BCUT2D eigenvalue weighted by molar-refractivity contribution is 5.94. The van der Waals surface area contributed by atoms with Crippen molar-refractivity contribution in [2.75, 3.05) is 19.6 Å². The zero-order valence-electron chi connectivity index (χ0n) is 16.7. The molecule has 6 heteroatoms. The van der Waals surface area contributed by atoms with Gasteiger partial charge in [0.1, 0.15) is 6.54 Å². The summed E-state index contributed by atoms with van der Waals surface area (Å²) in [6.07, 6.45) is 3.52. The largest absolute Gasteiger partial charge is 0.459 e. The Balaban J connectivity index is 1.60. The highest BCUT2D eigenvalue weighted by Gasteiger charge is 2.33. The maximum atomic E-state index is 13.3. The normalized spacial score (nSPS) is 15.8. The molecule has 0 bridgehead atoms. The third-order valence-corrected chi connectivity index (χ3v) is 5.48. The highest BCUT2D eigenvalue weighted by atomic mass is 16.3. The second-order valence-electron chi connectivity index (χ2n) is 7.32. The Morgan fingerprint density at radius 3 is 2.59 bits per heavy atom. The molecule has 2 amide bonds. The fourth-order valence-corrected chi connectivity index (χ4v) is 3.89. The van der Waals surface area contributed by atoms with E-state index in [0.29, 0.717) is 13.1 Å². The lowest BCUT2D eigenvalue weighted by Crippen LogP contribution is -2.47. The van der Waals surface area contributed by atoms with Gasteiger partial charge in [0.15, 0.2) is 5.76 Å². The van der Waals surface area contributed by atoms with Crippen LogP contribution in [0.15, 0.2) is 65.4 Å². The molecule has 0 radical (unpaired) electrons. The number of aryl methyl sites for hydroxylation is 1. The van der Waals surface area contributed by atoms with Crippen molar-refractivity contribution in [3.8, 4) is 0 Å². The Morgan fingerprint density at radius 2 is 1.90 bits per heavy atom. The van der Waals surface area contributed by atoms with E-state index in [1.807, 2.05) is 17.9 Å². The fourth-order valence-electron chi connectivity index (χ4n) is 3.89. The fraction of sp³-hybridized carbons (Fsp3) is 0.304. The van der Waals surface area contributed by atoms with Crippen molar-refractivity contribution in [3.05, 3.63) is 83.6 Å². The molecule has 1 atom stereocenters. The zero-order chi connectivity index (χ0) is 20.4. The molecule has 1 aliphatic rings. The van der Waals surface area contributed by atoms with Gasteiger partial charge in [-0.3, -0.25) is 9.59 Å². The van der Waals surface area contributed by atoms with E-state index in [4.69, 9.17) is 4.42 Å². The number of carbonyl (C=O) groups excluding carboxylic acids is 2. The summed E-state index contributed by atoms with van der Waals surface area (Å²) in [6.45, 7) is 5.73. The van der Waals surface area contributed by atoms with E-state index < -0.39 is 0 Å². The Morgan fingerprint density at radius 1 is 1.10 bits per heavy atom. The van der Waals surface area contributed by atoms with E-state index in [1.54, 1.807) is 12.1 Å². The smallest absolute Gasteiger partial charge is 0.290 e. The summed E-state index contributed by atoms with van der Waals surface area (Å²) < 4.78 is 7.42. The number of likely N-dealkylation sites (N-methyl/N-ethyl adjacent to an activating group) is 1. The molecule has 6 nitrogen and oxygen atoms in total. The molecule has 4 rings (SSSR count). The van der Waals surface area contributed by atoms with Crippen molar-refractivity contribution in [1.82, 2.24) is 14.4 Å². The van der Waals surface area contributed by atoms with Gasteiger partial charge in [-0.2, -0.15) is 0 Å². The van der Waals surface area contributed by atoms with E-state index in [2.05, 4.69) is 48.0 Å². The van der Waals surface area contributed by atoms with Crippen molar-refractivity contribution >= 4 is 11.8 Å². The number of hydrogen-bond acceptors (Lipinski definition) is 3. The van der Waals surface area contributed by atoms with Crippen LogP contribution in [0.2, 0.25) is 0 Å². The van der Waals surface area contributed by atoms with Crippen LogP contribution >= 0.6 is 0 Å². The summed E-state index contributed by atoms with van der Waals surface area (Å²) in [5, 5.41) is 0. The summed E-state index contributed by atoms with van der Waals surface area (Å²) in [6, 6.07) is 15.5. The molecule has 0 unspecified atom stereocenters. The maximum absolute atomic E-state index is 13.3. The molecule has 1 aromatic carbocycles. The minimum atomic E-state index is -0.266. The van der Waals surface area contributed by atoms with Crippen molar-refractivity contribution in [2.24, 2.45) is 0 Å². The molecule has 0 aliphatic carbocycles. The number of amides is 2. The summed E-state index contributed by atoms with van der Waals surface area (Å²) in [5.41, 5.74) is 3.34. The first kappa shape index (κ1) is 19.1. The van der Waals surface area contributed by atoms with E-state index in [0.717, 1.165) is 17.8 Å². The van der Waals surface area contributed by atoms with Gasteiger partial charge in [-0.15, -0.1) is 0 Å². The van der Waals surface area contributed by atoms with Gasteiger partial charge >= 0.3 is 0 Å². The monoisotopic (exact) mass is 391 g/mol. The Hall–Kier alpha value is -3.28.